The molecule has 0 aromatic heterocycles. The molecular weight excluding hydrogens is 268 g/mol. The number of likely N-dealkylation sites (N-methyl/N-ethyl adjacent to an activating group) is 1. The minimum Gasteiger partial charge on any atom is -0.385 e. The van der Waals surface area contributed by atoms with Crippen molar-refractivity contribution < 1.29 is 9.53 Å². The molecule has 0 heterocycles. The lowest BCUT2D eigenvalue weighted by molar-refractivity contribution is -0.127. The van der Waals surface area contributed by atoms with Gasteiger partial charge in [0.2, 0.25) is 5.91 Å². The number of ether oxygens (including phenoxy) is 1. The number of carbonyl (C=O) groups excluding carboxylic acids is 1. The Morgan fingerprint density at radius 3 is 2.62 bits per heavy atom. The first kappa shape index (κ1) is 17.8. The zero-order valence-corrected chi connectivity index (χ0v) is 13.7. The number of amides is 1. The summed E-state index contributed by atoms with van der Waals surface area (Å²) >= 11 is 0. The fraction of sp³-hybridized carbons (Fsp3) is 0.867. The van der Waals surface area contributed by atoms with Gasteiger partial charge in [-0.2, -0.15) is 0 Å². The molecule has 21 heavy (non-hydrogen) atoms. The van der Waals surface area contributed by atoms with Crippen LogP contribution < -0.4 is 10.6 Å². The lowest BCUT2D eigenvalue weighted by atomic mass is 9.96. The van der Waals surface area contributed by atoms with Gasteiger partial charge < -0.3 is 20.3 Å². The molecule has 0 atom stereocenters. The van der Waals surface area contributed by atoms with Crippen molar-refractivity contribution in [2.24, 2.45) is 4.99 Å². The topological polar surface area (TPSA) is 66.0 Å². The molecule has 6 heteroatoms. The SMILES string of the molecule is COCCCNC(=NCC(=O)N(C)C)NC1CCCCC1. The Labute approximate surface area is 128 Å². The molecule has 1 saturated carbocycles. The van der Waals surface area contributed by atoms with Crippen molar-refractivity contribution >= 4 is 11.9 Å². The second-order valence-electron chi connectivity index (χ2n) is 5.71. The molecule has 1 aliphatic rings. The van der Waals surface area contributed by atoms with E-state index in [1.165, 1.54) is 32.1 Å². The Kier molecular flexibility index (Phi) is 8.82. The zero-order valence-electron chi connectivity index (χ0n) is 13.7. The molecule has 0 aliphatic heterocycles. The molecule has 2 N–H and O–H groups in total. The standard InChI is InChI=1S/C15H30N4O2/c1-19(2)14(20)12-17-15(16-10-7-11-21-3)18-13-8-5-4-6-9-13/h13H,4-12H2,1-3H3,(H2,16,17,18). The van der Waals surface area contributed by atoms with Gasteiger partial charge in [-0.1, -0.05) is 19.3 Å². The highest BCUT2D eigenvalue weighted by Gasteiger charge is 2.14. The van der Waals surface area contributed by atoms with Crippen molar-refractivity contribution in [2.45, 2.75) is 44.6 Å². The number of guanidine groups is 1. The second-order valence-corrected chi connectivity index (χ2v) is 5.71. The molecule has 122 valence electrons. The van der Waals surface area contributed by atoms with E-state index >= 15 is 0 Å². The zero-order chi connectivity index (χ0) is 15.5. The Bertz CT molecular complexity index is 326. The van der Waals surface area contributed by atoms with Gasteiger partial charge >= 0.3 is 0 Å². The van der Waals surface area contributed by atoms with Gasteiger partial charge in [0, 0.05) is 40.4 Å². The highest BCUT2D eigenvalue weighted by molar-refractivity contribution is 5.84. The van der Waals surface area contributed by atoms with Crippen LogP contribution in [-0.2, 0) is 9.53 Å². The Morgan fingerprint density at radius 2 is 2.00 bits per heavy atom. The molecule has 1 fully saturated rings. The molecule has 0 radical (unpaired) electrons. The minimum atomic E-state index is 0.0108. The molecule has 1 rings (SSSR count). The van der Waals surface area contributed by atoms with E-state index in [2.05, 4.69) is 15.6 Å². The number of carbonyl (C=O) groups is 1. The first-order valence-electron chi connectivity index (χ1n) is 7.87. The van der Waals surface area contributed by atoms with E-state index in [1.807, 2.05) is 0 Å². The predicted octanol–water partition coefficient (Wildman–Crippen LogP) is 0.979. The largest absolute Gasteiger partial charge is 0.385 e. The Balaban J connectivity index is 2.46. The summed E-state index contributed by atoms with van der Waals surface area (Å²) < 4.78 is 5.04. The van der Waals surface area contributed by atoms with Crippen LogP contribution in [0.5, 0.6) is 0 Å². The number of methoxy groups -OCH3 is 1. The number of aliphatic imine (C=N–C) groups is 1. The average molecular weight is 298 g/mol. The fourth-order valence-electron chi connectivity index (χ4n) is 2.30. The molecule has 0 bridgehead atoms. The Hall–Kier alpha value is -1.30. The van der Waals surface area contributed by atoms with E-state index in [1.54, 1.807) is 26.1 Å². The number of nitrogens with one attached hydrogen (secondary N) is 2. The maximum absolute atomic E-state index is 11.7. The van der Waals surface area contributed by atoms with Crippen LogP contribution in [0.15, 0.2) is 4.99 Å². The molecule has 0 unspecified atom stereocenters. The predicted molar refractivity (Wildman–Crippen MR) is 85.5 cm³/mol. The van der Waals surface area contributed by atoms with Crippen molar-refractivity contribution in [3.8, 4) is 0 Å². The first-order valence-corrected chi connectivity index (χ1v) is 7.87. The number of hydrogen-bond acceptors (Lipinski definition) is 3. The summed E-state index contributed by atoms with van der Waals surface area (Å²) in [5.74, 6) is 0.754. The summed E-state index contributed by atoms with van der Waals surface area (Å²) in [6.45, 7) is 1.70. The highest BCUT2D eigenvalue weighted by Crippen LogP contribution is 2.17. The van der Waals surface area contributed by atoms with Crippen LogP contribution in [0.4, 0.5) is 0 Å². The maximum atomic E-state index is 11.7. The van der Waals surface area contributed by atoms with E-state index in [0.717, 1.165) is 25.5 Å². The lowest BCUT2D eigenvalue weighted by Gasteiger charge is -2.25. The number of rotatable bonds is 7. The third-order valence-electron chi connectivity index (χ3n) is 3.63. The van der Waals surface area contributed by atoms with E-state index in [0.29, 0.717) is 6.04 Å². The van der Waals surface area contributed by atoms with Crippen LogP contribution >= 0.6 is 0 Å². The quantitative estimate of drug-likeness (QED) is 0.418. The summed E-state index contributed by atoms with van der Waals surface area (Å²) in [7, 11) is 5.20. The van der Waals surface area contributed by atoms with Gasteiger partial charge in [-0.05, 0) is 19.3 Å². The molecule has 1 amide bonds. The van der Waals surface area contributed by atoms with E-state index < -0.39 is 0 Å². The molecule has 0 spiro atoms. The smallest absolute Gasteiger partial charge is 0.243 e. The van der Waals surface area contributed by atoms with Gasteiger partial charge in [0.05, 0.1) is 0 Å². The number of hydrogen-bond donors (Lipinski definition) is 2. The average Bonchev–Trinajstić information content (AvgIpc) is 2.49. The van der Waals surface area contributed by atoms with Gasteiger partial charge in [-0.25, -0.2) is 4.99 Å². The van der Waals surface area contributed by atoms with Gasteiger partial charge in [0.15, 0.2) is 5.96 Å². The van der Waals surface area contributed by atoms with Crippen molar-refractivity contribution in [1.29, 1.82) is 0 Å². The summed E-state index contributed by atoms with van der Waals surface area (Å²) in [5, 5.41) is 6.74. The van der Waals surface area contributed by atoms with Crippen LogP contribution in [0.1, 0.15) is 38.5 Å². The van der Waals surface area contributed by atoms with Crippen LogP contribution in [0.25, 0.3) is 0 Å². The minimum absolute atomic E-state index is 0.0108. The van der Waals surface area contributed by atoms with Crippen molar-refractivity contribution in [1.82, 2.24) is 15.5 Å². The first-order chi connectivity index (χ1) is 10.1. The van der Waals surface area contributed by atoms with Gasteiger partial charge in [-0.15, -0.1) is 0 Å². The lowest BCUT2D eigenvalue weighted by Crippen LogP contribution is -2.45. The summed E-state index contributed by atoms with van der Waals surface area (Å²) in [5.41, 5.74) is 0. The Morgan fingerprint density at radius 1 is 1.29 bits per heavy atom. The second kappa shape index (κ2) is 10.4. The van der Waals surface area contributed by atoms with E-state index in [4.69, 9.17) is 4.74 Å². The molecule has 0 saturated heterocycles. The summed E-state index contributed by atoms with van der Waals surface area (Å²) in [6.07, 6.45) is 7.14. The van der Waals surface area contributed by atoms with Gasteiger partial charge in [-0.3, -0.25) is 4.79 Å². The molecule has 1 aliphatic carbocycles. The molecule has 0 aromatic rings. The van der Waals surface area contributed by atoms with Crippen LogP contribution in [0.3, 0.4) is 0 Å². The van der Waals surface area contributed by atoms with Gasteiger partial charge in [0.25, 0.3) is 0 Å². The van der Waals surface area contributed by atoms with Crippen molar-refractivity contribution in [2.75, 3.05) is 40.9 Å². The highest BCUT2D eigenvalue weighted by atomic mass is 16.5. The van der Waals surface area contributed by atoms with Crippen LogP contribution in [0.2, 0.25) is 0 Å². The molecule has 0 aromatic carbocycles. The monoisotopic (exact) mass is 298 g/mol. The third-order valence-corrected chi connectivity index (χ3v) is 3.63. The van der Waals surface area contributed by atoms with Gasteiger partial charge in [0.1, 0.15) is 6.54 Å². The molecule has 6 nitrogen and oxygen atoms in total. The fourth-order valence-corrected chi connectivity index (χ4v) is 2.30. The summed E-state index contributed by atoms with van der Waals surface area (Å²) in [6, 6.07) is 0.474. The maximum Gasteiger partial charge on any atom is 0.243 e. The van der Waals surface area contributed by atoms with Crippen LogP contribution in [-0.4, -0.2) is 63.7 Å². The van der Waals surface area contributed by atoms with E-state index in [-0.39, 0.29) is 12.5 Å². The number of nitrogens with zero attached hydrogens (tertiary/aromatic N) is 2. The third kappa shape index (κ3) is 7.90. The van der Waals surface area contributed by atoms with Crippen molar-refractivity contribution in [3.63, 3.8) is 0 Å². The van der Waals surface area contributed by atoms with Crippen molar-refractivity contribution in [3.05, 3.63) is 0 Å². The summed E-state index contributed by atoms with van der Waals surface area (Å²) in [4.78, 5) is 17.6. The molecular formula is C15H30N4O2. The van der Waals surface area contributed by atoms with E-state index in [9.17, 15) is 4.79 Å². The normalized spacial score (nSPS) is 16.6. The van der Waals surface area contributed by atoms with Crippen LogP contribution in [0, 0.1) is 0 Å².